The molecular formula is C12H19FN2. The van der Waals surface area contributed by atoms with Crippen LogP contribution in [-0.4, -0.2) is 12.6 Å². The minimum atomic E-state index is -0.138. The maximum Gasteiger partial charge on any atom is 0.126 e. The van der Waals surface area contributed by atoms with Gasteiger partial charge in [0.05, 0.1) is 0 Å². The molecule has 1 aromatic carbocycles. The molecular weight excluding hydrogens is 191 g/mol. The highest BCUT2D eigenvalue weighted by molar-refractivity contribution is 5.23. The second-order valence-corrected chi connectivity index (χ2v) is 3.94. The molecule has 84 valence electrons. The van der Waals surface area contributed by atoms with Gasteiger partial charge in [0.25, 0.3) is 0 Å². The van der Waals surface area contributed by atoms with Crippen LogP contribution >= 0.6 is 0 Å². The van der Waals surface area contributed by atoms with Crippen molar-refractivity contribution < 1.29 is 4.39 Å². The van der Waals surface area contributed by atoms with E-state index in [-0.39, 0.29) is 5.82 Å². The lowest BCUT2D eigenvalue weighted by atomic mass is 10.1. The van der Waals surface area contributed by atoms with Gasteiger partial charge in [0.15, 0.2) is 0 Å². The van der Waals surface area contributed by atoms with Crippen LogP contribution in [0.1, 0.15) is 24.5 Å². The van der Waals surface area contributed by atoms with Crippen LogP contribution in [0.4, 0.5) is 4.39 Å². The minimum absolute atomic E-state index is 0.138. The zero-order chi connectivity index (χ0) is 11.3. The molecule has 0 aliphatic rings. The second-order valence-electron chi connectivity index (χ2n) is 3.94. The topological polar surface area (TPSA) is 38.0 Å². The van der Waals surface area contributed by atoms with Crippen molar-refractivity contribution in [1.82, 2.24) is 5.32 Å². The number of benzene rings is 1. The summed E-state index contributed by atoms with van der Waals surface area (Å²) in [6.45, 7) is 5.22. The fourth-order valence-electron chi connectivity index (χ4n) is 1.39. The Bertz CT molecular complexity index is 312. The molecule has 2 nitrogen and oxygen atoms in total. The Kier molecular flexibility index (Phi) is 4.72. The van der Waals surface area contributed by atoms with Crippen molar-refractivity contribution in [3.8, 4) is 0 Å². The highest BCUT2D eigenvalue weighted by Crippen LogP contribution is 2.09. The van der Waals surface area contributed by atoms with Gasteiger partial charge in [0, 0.05) is 12.6 Å². The summed E-state index contributed by atoms with van der Waals surface area (Å²) >= 11 is 0. The summed E-state index contributed by atoms with van der Waals surface area (Å²) in [6, 6.07) is 5.71. The fraction of sp³-hybridized carbons (Fsp3) is 0.500. The molecule has 0 amide bonds. The molecule has 0 saturated carbocycles. The zero-order valence-corrected chi connectivity index (χ0v) is 9.39. The smallest absolute Gasteiger partial charge is 0.126 e. The van der Waals surface area contributed by atoms with E-state index in [2.05, 4.69) is 12.2 Å². The van der Waals surface area contributed by atoms with Crippen LogP contribution in [0.15, 0.2) is 18.2 Å². The van der Waals surface area contributed by atoms with Crippen LogP contribution in [0, 0.1) is 12.7 Å². The van der Waals surface area contributed by atoms with Gasteiger partial charge < -0.3 is 11.1 Å². The summed E-state index contributed by atoms with van der Waals surface area (Å²) in [5.41, 5.74) is 7.11. The van der Waals surface area contributed by atoms with Gasteiger partial charge in [-0.2, -0.15) is 0 Å². The molecule has 3 N–H and O–H groups in total. The first-order valence-electron chi connectivity index (χ1n) is 5.32. The largest absolute Gasteiger partial charge is 0.330 e. The molecule has 0 aromatic heterocycles. The first-order valence-corrected chi connectivity index (χ1v) is 5.32. The maximum atomic E-state index is 13.2. The van der Waals surface area contributed by atoms with E-state index in [1.54, 1.807) is 19.1 Å². The Hall–Kier alpha value is -0.930. The Morgan fingerprint density at radius 1 is 1.47 bits per heavy atom. The van der Waals surface area contributed by atoms with Gasteiger partial charge in [-0.1, -0.05) is 12.1 Å². The van der Waals surface area contributed by atoms with Crippen molar-refractivity contribution in [3.05, 3.63) is 35.1 Å². The van der Waals surface area contributed by atoms with E-state index in [1.807, 2.05) is 6.07 Å². The Balaban J connectivity index is 2.47. The number of nitrogens with one attached hydrogen (secondary N) is 1. The molecule has 0 aliphatic heterocycles. The highest BCUT2D eigenvalue weighted by Gasteiger charge is 2.02. The van der Waals surface area contributed by atoms with E-state index in [9.17, 15) is 4.39 Å². The Morgan fingerprint density at radius 2 is 2.20 bits per heavy atom. The lowest BCUT2D eigenvalue weighted by Crippen LogP contribution is -2.27. The molecule has 0 bridgehead atoms. The summed E-state index contributed by atoms with van der Waals surface area (Å²) in [5.74, 6) is -0.138. The SMILES string of the molecule is Cc1ccc(CNC(C)CCN)cc1F. The van der Waals surface area contributed by atoms with Crippen molar-refractivity contribution in [2.45, 2.75) is 32.9 Å². The fourth-order valence-corrected chi connectivity index (χ4v) is 1.39. The summed E-state index contributed by atoms with van der Waals surface area (Å²) in [5, 5.41) is 3.30. The normalized spacial score (nSPS) is 12.8. The molecule has 3 heteroatoms. The highest BCUT2D eigenvalue weighted by atomic mass is 19.1. The monoisotopic (exact) mass is 210 g/mol. The summed E-state index contributed by atoms with van der Waals surface area (Å²) in [7, 11) is 0. The second kappa shape index (κ2) is 5.83. The van der Waals surface area contributed by atoms with E-state index < -0.39 is 0 Å². The molecule has 0 radical (unpaired) electrons. The maximum absolute atomic E-state index is 13.2. The number of rotatable bonds is 5. The van der Waals surface area contributed by atoms with E-state index >= 15 is 0 Å². The van der Waals surface area contributed by atoms with Crippen LogP contribution in [0.25, 0.3) is 0 Å². The van der Waals surface area contributed by atoms with Crippen molar-refractivity contribution in [2.75, 3.05) is 6.54 Å². The summed E-state index contributed by atoms with van der Waals surface area (Å²) < 4.78 is 13.2. The third-order valence-electron chi connectivity index (χ3n) is 2.49. The van der Waals surface area contributed by atoms with Crippen molar-refractivity contribution in [1.29, 1.82) is 0 Å². The lowest BCUT2D eigenvalue weighted by molar-refractivity contribution is 0.517. The zero-order valence-electron chi connectivity index (χ0n) is 9.39. The van der Waals surface area contributed by atoms with Gasteiger partial charge in [-0.25, -0.2) is 4.39 Å². The van der Waals surface area contributed by atoms with Crippen LogP contribution in [0.5, 0.6) is 0 Å². The Labute approximate surface area is 90.7 Å². The van der Waals surface area contributed by atoms with Crippen molar-refractivity contribution in [3.63, 3.8) is 0 Å². The number of nitrogens with two attached hydrogens (primary N) is 1. The van der Waals surface area contributed by atoms with Crippen molar-refractivity contribution in [2.24, 2.45) is 5.73 Å². The van der Waals surface area contributed by atoms with Crippen LogP contribution in [-0.2, 0) is 6.54 Å². The molecule has 1 aromatic rings. The third kappa shape index (κ3) is 3.98. The molecule has 1 atom stereocenters. The van der Waals surface area contributed by atoms with Gasteiger partial charge in [-0.15, -0.1) is 0 Å². The first kappa shape index (κ1) is 12.1. The average Bonchev–Trinajstić information content (AvgIpc) is 2.20. The van der Waals surface area contributed by atoms with Gasteiger partial charge in [0.2, 0.25) is 0 Å². The van der Waals surface area contributed by atoms with E-state index in [0.29, 0.717) is 24.7 Å². The molecule has 1 unspecified atom stereocenters. The van der Waals surface area contributed by atoms with E-state index in [4.69, 9.17) is 5.73 Å². The van der Waals surface area contributed by atoms with Gasteiger partial charge in [-0.3, -0.25) is 0 Å². The average molecular weight is 210 g/mol. The van der Waals surface area contributed by atoms with Gasteiger partial charge in [-0.05, 0) is 44.0 Å². The number of halogens is 1. The summed E-state index contributed by atoms with van der Waals surface area (Å²) in [4.78, 5) is 0. The standard InChI is InChI=1S/C12H19FN2/c1-9-3-4-11(7-12(9)13)8-15-10(2)5-6-14/h3-4,7,10,15H,5-6,8,14H2,1-2H3. The van der Waals surface area contributed by atoms with Crippen LogP contribution in [0.3, 0.4) is 0 Å². The molecule has 0 fully saturated rings. The van der Waals surface area contributed by atoms with Crippen LogP contribution in [0.2, 0.25) is 0 Å². The first-order chi connectivity index (χ1) is 7.13. The van der Waals surface area contributed by atoms with Gasteiger partial charge in [0.1, 0.15) is 5.82 Å². The molecule has 15 heavy (non-hydrogen) atoms. The molecule has 1 rings (SSSR count). The lowest BCUT2D eigenvalue weighted by Gasteiger charge is -2.12. The minimum Gasteiger partial charge on any atom is -0.330 e. The predicted octanol–water partition coefficient (Wildman–Crippen LogP) is 1.96. The number of hydrogen-bond acceptors (Lipinski definition) is 2. The molecule has 0 aliphatic carbocycles. The molecule has 0 saturated heterocycles. The molecule has 0 heterocycles. The number of hydrogen-bond donors (Lipinski definition) is 2. The van der Waals surface area contributed by atoms with Crippen molar-refractivity contribution >= 4 is 0 Å². The third-order valence-corrected chi connectivity index (χ3v) is 2.49. The predicted molar refractivity (Wildman–Crippen MR) is 61.1 cm³/mol. The number of aryl methyl sites for hydroxylation is 1. The van der Waals surface area contributed by atoms with Gasteiger partial charge >= 0.3 is 0 Å². The van der Waals surface area contributed by atoms with Crippen LogP contribution < -0.4 is 11.1 Å². The Morgan fingerprint density at radius 3 is 2.80 bits per heavy atom. The summed E-state index contributed by atoms with van der Waals surface area (Å²) in [6.07, 6.45) is 0.939. The van der Waals surface area contributed by atoms with E-state index in [0.717, 1.165) is 12.0 Å². The molecule has 0 spiro atoms. The quantitative estimate of drug-likeness (QED) is 0.779. The van der Waals surface area contributed by atoms with E-state index in [1.165, 1.54) is 0 Å².